The van der Waals surface area contributed by atoms with Crippen LogP contribution in [0.4, 0.5) is 10.1 Å². The van der Waals surface area contributed by atoms with E-state index in [2.05, 4.69) is 14.7 Å². The minimum Gasteiger partial charge on any atom is -0.366 e. The average molecular weight is 411 g/mol. The number of anilines is 1. The first-order valence-corrected chi connectivity index (χ1v) is 10.3. The first-order chi connectivity index (χ1) is 13.0. The summed E-state index contributed by atoms with van der Waals surface area (Å²) in [6, 6.07) is 6.53. The molecule has 3 aromatic rings. The van der Waals surface area contributed by atoms with Crippen molar-refractivity contribution in [1.82, 2.24) is 14.4 Å². The lowest BCUT2D eigenvalue weighted by Gasteiger charge is -2.35. The molecular formula is C17H16ClFN4O3S. The van der Waals surface area contributed by atoms with Crippen molar-refractivity contribution in [1.29, 1.82) is 0 Å². The molecule has 7 nitrogen and oxygen atoms in total. The molecule has 4 rings (SSSR count). The van der Waals surface area contributed by atoms with Crippen molar-refractivity contribution in [2.75, 3.05) is 31.1 Å². The molecule has 0 amide bonds. The summed E-state index contributed by atoms with van der Waals surface area (Å²) in [6.07, 6.45) is 2.80. The van der Waals surface area contributed by atoms with Crippen LogP contribution in [0.5, 0.6) is 0 Å². The summed E-state index contributed by atoms with van der Waals surface area (Å²) >= 11 is 6.09. The van der Waals surface area contributed by atoms with E-state index in [0.717, 1.165) is 0 Å². The zero-order valence-electron chi connectivity index (χ0n) is 14.2. The first-order valence-electron chi connectivity index (χ1n) is 8.30. The fraction of sp³-hybridized carbons (Fsp3) is 0.294. The van der Waals surface area contributed by atoms with Gasteiger partial charge in [-0.05, 0) is 18.2 Å². The minimum atomic E-state index is -3.50. The van der Waals surface area contributed by atoms with Gasteiger partial charge in [-0.1, -0.05) is 16.8 Å². The van der Waals surface area contributed by atoms with Crippen molar-refractivity contribution in [3.05, 3.63) is 53.3 Å². The van der Waals surface area contributed by atoms with Crippen molar-refractivity contribution >= 4 is 38.2 Å². The van der Waals surface area contributed by atoms with Gasteiger partial charge in [0.1, 0.15) is 17.5 Å². The molecule has 0 unspecified atom stereocenters. The lowest BCUT2D eigenvalue weighted by atomic mass is 10.1. The van der Waals surface area contributed by atoms with E-state index in [1.165, 1.54) is 22.8 Å². The van der Waals surface area contributed by atoms with Crippen LogP contribution >= 0.6 is 11.6 Å². The van der Waals surface area contributed by atoms with Gasteiger partial charge in [0, 0.05) is 43.8 Å². The third-order valence-electron chi connectivity index (χ3n) is 4.57. The third kappa shape index (κ3) is 3.50. The molecule has 1 aromatic carbocycles. The number of sulfonamides is 1. The summed E-state index contributed by atoms with van der Waals surface area (Å²) in [5.41, 5.74) is 0.966. The molecule has 10 heteroatoms. The summed E-state index contributed by atoms with van der Waals surface area (Å²) in [4.78, 5) is 5.90. The van der Waals surface area contributed by atoms with Gasteiger partial charge in [-0.2, -0.15) is 4.31 Å². The highest BCUT2D eigenvalue weighted by atomic mass is 35.5. The second kappa shape index (κ2) is 7.06. The summed E-state index contributed by atoms with van der Waals surface area (Å²) in [5.74, 6) is -0.662. The Morgan fingerprint density at radius 2 is 1.93 bits per heavy atom. The zero-order valence-corrected chi connectivity index (χ0v) is 15.7. The van der Waals surface area contributed by atoms with Gasteiger partial charge < -0.3 is 9.42 Å². The Balaban J connectivity index is 1.51. The summed E-state index contributed by atoms with van der Waals surface area (Å²) < 4.78 is 46.0. The number of halogens is 2. The van der Waals surface area contributed by atoms with Crippen LogP contribution in [-0.2, 0) is 15.8 Å². The van der Waals surface area contributed by atoms with Gasteiger partial charge >= 0.3 is 0 Å². The van der Waals surface area contributed by atoms with Crippen LogP contribution in [0.3, 0.4) is 0 Å². The molecule has 0 atom stereocenters. The van der Waals surface area contributed by atoms with Gasteiger partial charge in [0.15, 0.2) is 5.82 Å². The molecule has 2 aromatic heterocycles. The average Bonchev–Trinajstić information content (AvgIpc) is 3.15. The topological polar surface area (TPSA) is 79.5 Å². The maximum absolute atomic E-state index is 14.9. The molecule has 3 heterocycles. The quantitative estimate of drug-likeness (QED) is 0.658. The van der Waals surface area contributed by atoms with Crippen LogP contribution in [0.1, 0.15) is 5.69 Å². The fourth-order valence-corrected chi connectivity index (χ4v) is 4.82. The Morgan fingerprint density at radius 3 is 2.63 bits per heavy atom. The van der Waals surface area contributed by atoms with Crippen LogP contribution in [0.2, 0.25) is 5.02 Å². The van der Waals surface area contributed by atoms with E-state index < -0.39 is 15.8 Å². The second-order valence-corrected chi connectivity index (χ2v) is 8.60. The normalized spacial score (nSPS) is 16.1. The molecule has 1 aliphatic rings. The van der Waals surface area contributed by atoms with E-state index >= 15 is 0 Å². The lowest BCUT2D eigenvalue weighted by molar-refractivity contribution is 0.380. The number of hydrogen-bond donors (Lipinski definition) is 0. The van der Waals surface area contributed by atoms with Crippen LogP contribution < -0.4 is 4.90 Å². The number of hydrogen-bond acceptors (Lipinski definition) is 6. The number of fused-ring (bicyclic) bond motifs is 1. The molecule has 1 fully saturated rings. The Kier molecular flexibility index (Phi) is 4.75. The summed E-state index contributed by atoms with van der Waals surface area (Å²) in [5, 5.41) is 4.64. The number of nitrogens with zero attached hydrogens (tertiary/aromatic N) is 4. The highest BCUT2D eigenvalue weighted by Gasteiger charge is 2.29. The second-order valence-electron chi connectivity index (χ2n) is 6.22. The Labute approximate surface area is 160 Å². The third-order valence-corrected chi connectivity index (χ3v) is 6.71. The highest BCUT2D eigenvalue weighted by Crippen LogP contribution is 2.30. The number of pyridine rings is 1. The predicted molar refractivity (Wildman–Crippen MR) is 99.6 cm³/mol. The van der Waals surface area contributed by atoms with Crippen molar-refractivity contribution in [2.24, 2.45) is 0 Å². The Morgan fingerprint density at radius 1 is 1.15 bits per heavy atom. The van der Waals surface area contributed by atoms with Crippen LogP contribution in [0, 0.1) is 5.82 Å². The standard InChI is InChI=1S/C17H16ClFN4O3S/c18-14-3-5-20-17-13(14)1-2-15(16(17)19)22-6-8-23(9-7-22)27(24,25)11-12-4-10-26-21-12/h1-5,10H,6-9,11H2. The number of piperazine rings is 1. The maximum atomic E-state index is 14.9. The Hall–Kier alpha value is -2.23. The number of rotatable bonds is 4. The molecular weight excluding hydrogens is 395 g/mol. The first kappa shape index (κ1) is 18.1. The van der Waals surface area contributed by atoms with E-state index in [9.17, 15) is 12.8 Å². The molecule has 0 spiro atoms. The minimum absolute atomic E-state index is 0.209. The molecule has 1 aliphatic heterocycles. The van der Waals surface area contributed by atoms with E-state index in [1.54, 1.807) is 18.2 Å². The van der Waals surface area contributed by atoms with E-state index in [4.69, 9.17) is 11.6 Å². The number of benzene rings is 1. The van der Waals surface area contributed by atoms with Crippen LogP contribution in [0.15, 0.2) is 41.2 Å². The van der Waals surface area contributed by atoms with E-state index in [1.807, 2.05) is 4.90 Å². The van der Waals surface area contributed by atoms with Gasteiger partial charge in [0.25, 0.3) is 0 Å². The monoisotopic (exact) mass is 410 g/mol. The predicted octanol–water partition coefficient (Wildman–Crippen LogP) is 2.67. The summed E-state index contributed by atoms with van der Waals surface area (Å²) in [6.45, 7) is 1.28. The van der Waals surface area contributed by atoms with Crippen molar-refractivity contribution in [3.63, 3.8) is 0 Å². The van der Waals surface area contributed by atoms with Crippen LogP contribution in [-0.4, -0.2) is 49.0 Å². The lowest BCUT2D eigenvalue weighted by Crippen LogP contribution is -2.49. The molecule has 0 bridgehead atoms. The van der Waals surface area contributed by atoms with Gasteiger partial charge in [-0.15, -0.1) is 0 Å². The molecule has 0 N–H and O–H groups in total. The zero-order chi connectivity index (χ0) is 19.0. The van der Waals surface area contributed by atoms with Crippen molar-refractivity contribution in [2.45, 2.75) is 5.75 Å². The maximum Gasteiger partial charge on any atom is 0.220 e. The number of aromatic nitrogens is 2. The molecule has 142 valence electrons. The SMILES string of the molecule is O=S(=O)(Cc1ccon1)N1CCN(c2ccc3c(Cl)ccnc3c2F)CC1. The highest BCUT2D eigenvalue weighted by molar-refractivity contribution is 7.88. The molecule has 0 radical (unpaired) electrons. The van der Waals surface area contributed by atoms with Crippen molar-refractivity contribution in [3.8, 4) is 0 Å². The molecule has 27 heavy (non-hydrogen) atoms. The van der Waals surface area contributed by atoms with Gasteiger partial charge in [0.05, 0.1) is 16.4 Å². The van der Waals surface area contributed by atoms with Crippen LogP contribution in [0.25, 0.3) is 10.9 Å². The van der Waals surface area contributed by atoms with Gasteiger partial charge in [-0.3, -0.25) is 4.98 Å². The summed E-state index contributed by atoms with van der Waals surface area (Å²) in [7, 11) is -3.50. The molecule has 0 aliphatic carbocycles. The van der Waals surface area contributed by atoms with Gasteiger partial charge in [0.2, 0.25) is 10.0 Å². The van der Waals surface area contributed by atoms with Gasteiger partial charge in [-0.25, -0.2) is 12.8 Å². The largest absolute Gasteiger partial charge is 0.366 e. The smallest absolute Gasteiger partial charge is 0.220 e. The fourth-order valence-electron chi connectivity index (χ4n) is 3.18. The van der Waals surface area contributed by atoms with E-state index in [-0.39, 0.29) is 24.4 Å². The van der Waals surface area contributed by atoms with E-state index in [0.29, 0.717) is 34.9 Å². The Bertz CT molecular complexity index is 1070. The van der Waals surface area contributed by atoms with Crippen molar-refractivity contribution < 1.29 is 17.3 Å². The molecule has 0 saturated carbocycles. The molecule has 1 saturated heterocycles.